The highest BCUT2D eigenvalue weighted by atomic mass is 19.1. The zero-order chi connectivity index (χ0) is 49.1. The van der Waals surface area contributed by atoms with Gasteiger partial charge >= 0.3 is 0 Å². The number of nitrogens with zero attached hydrogens (tertiary/aromatic N) is 9. The van der Waals surface area contributed by atoms with Crippen molar-refractivity contribution in [2.24, 2.45) is 0 Å². The molecule has 4 aliphatic heterocycles. The Labute approximate surface area is 405 Å². The number of hydrogen-bond acceptors (Lipinski definition) is 14. The highest BCUT2D eigenvalue weighted by molar-refractivity contribution is 5.99. The van der Waals surface area contributed by atoms with Crippen molar-refractivity contribution in [3.05, 3.63) is 95.6 Å². The molecule has 10 rings (SSSR count). The van der Waals surface area contributed by atoms with E-state index in [4.69, 9.17) is 14.5 Å². The number of rotatable bonds is 9. The number of fused-ring (bicyclic) bond motifs is 2. The Morgan fingerprint density at radius 2 is 1.13 bits per heavy atom. The molecule has 0 spiro atoms. The Morgan fingerprint density at radius 1 is 0.643 bits per heavy atom. The van der Waals surface area contributed by atoms with Crippen LogP contribution in [0.25, 0.3) is 21.8 Å². The van der Waals surface area contributed by atoms with Crippen molar-refractivity contribution in [2.45, 2.75) is 53.1 Å². The number of morpholine rings is 2. The number of anilines is 8. The first-order valence-electron chi connectivity index (χ1n) is 24.1. The lowest BCUT2D eigenvalue weighted by Gasteiger charge is -2.41. The van der Waals surface area contributed by atoms with Gasteiger partial charge in [0.25, 0.3) is 0 Å². The number of carbonyl (C=O) groups excluding carboxylic acids is 1. The van der Waals surface area contributed by atoms with Crippen LogP contribution in [-0.4, -0.2) is 135 Å². The van der Waals surface area contributed by atoms with Gasteiger partial charge in [-0.25, -0.2) is 27.5 Å². The largest absolute Gasteiger partial charge is 0.378 e. The van der Waals surface area contributed by atoms with Gasteiger partial charge in [0.15, 0.2) is 0 Å². The lowest BCUT2D eigenvalue weighted by atomic mass is 10.1. The summed E-state index contributed by atoms with van der Waals surface area (Å²) in [4.78, 5) is 41.0. The second-order valence-corrected chi connectivity index (χ2v) is 18.3. The summed E-state index contributed by atoms with van der Waals surface area (Å²) in [7, 11) is 0. The smallest absolute Gasteiger partial charge is 0.222 e. The van der Waals surface area contributed by atoms with E-state index in [0.29, 0.717) is 86.9 Å². The number of carbonyl (C=O) groups is 1. The monoisotopic (exact) mass is 964 g/mol. The van der Waals surface area contributed by atoms with Gasteiger partial charge in [0.05, 0.1) is 107 Å². The minimum absolute atomic E-state index is 0.00634. The standard InChI is InChI=1S/C27H32F2N6O2.C24H28F2N6O/c1-4-24(36)35-6-5-34(16-17(35)2)27-18(3)26(25-22(29)11-19(28)12-23(25)32-27)31-20-13-21(15-30-14-20)33-7-9-37-10-8-33;1-15-14-32(4-3-28-15)24-16(2)23(22-20(26)9-17(25)10-21(22)30-24)29-18-11-19(13-27-12-18)31-5-7-33-8-6-31/h11-15,17H,4-10,16H2,1-3H3,(H,31,32);9-13,15,28H,3-8,14H2,1-2H3,(H,29,30)/t17-;15-/m11/s1. The van der Waals surface area contributed by atoms with Gasteiger partial charge in [0, 0.05) is 119 Å². The molecule has 0 aliphatic carbocycles. The van der Waals surface area contributed by atoms with Crippen molar-refractivity contribution in [3.8, 4) is 0 Å². The molecule has 0 unspecified atom stereocenters. The molecule has 4 aliphatic rings. The molecule has 370 valence electrons. The summed E-state index contributed by atoms with van der Waals surface area (Å²) in [5.74, 6) is -1.13. The number of piperazine rings is 2. The molecule has 3 N–H and O–H groups in total. The molecule has 4 fully saturated rings. The predicted molar refractivity (Wildman–Crippen MR) is 267 cm³/mol. The van der Waals surface area contributed by atoms with E-state index in [1.807, 2.05) is 50.9 Å². The quantitative estimate of drug-likeness (QED) is 0.121. The highest BCUT2D eigenvalue weighted by Crippen LogP contribution is 2.39. The van der Waals surface area contributed by atoms with E-state index in [1.165, 1.54) is 12.1 Å². The molecule has 4 aromatic heterocycles. The van der Waals surface area contributed by atoms with Gasteiger partial charge in [-0.3, -0.25) is 14.8 Å². The van der Waals surface area contributed by atoms with E-state index in [2.05, 4.69) is 57.4 Å². The number of hydrogen-bond donors (Lipinski definition) is 3. The fraction of sp³-hybridized carbons (Fsp3) is 0.431. The third kappa shape index (κ3) is 10.5. The number of amides is 1. The number of benzene rings is 2. The molecule has 19 heteroatoms. The van der Waals surface area contributed by atoms with Crippen LogP contribution in [-0.2, 0) is 14.3 Å². The number of pyridine rings is 4. The average Bonchev–Trinajstić information content (AvgIpc) is 3.36. The van der Waals surface area contributed by atoms with Gasteiger partial charge < -0.3 is 49.9 Å². The molecular weight excluding hydrogens is 905 g/mol. The molecule has 0 saturated carbocycles. The molecule has 0 bridgehead atoms. The topological polar surface area (TPSA) is 139 Å². The van der Waals surface area contributed by atoms with Crippen LogP contribution in [0.15, 0.2) is 61.2 Å². The maximum atomic E-state index is 15.2. The Balaban J connectivity index is 0.000000175. The lowest BCUT2D eigenvalue weighted by molar-refractivity contribution is -0.133. The van der Waals surface area contributed by atoms with Crippen molar-refractivity contribution in [1.29, 1.82) is 0 Å². The van der Waals surface area contributed by atoms with Gasteiger partial charge in [0.2, 0.25) is 5.91 Å². The van der Waals surface area contributed by atoms with E-state index in [0.717, 1.165) is 92.0 Å². The Kier molecular flexibility index (Phi) is 14.7. The third-order valence-electron chi connectivity index (χ3n) is 13.4. The summed E-state index contributed by atoms with van der Waals surface area (Å²) in [6.45, 7) is 19.7. The fourth-order valence-electron chi connectivity index (χ4n) is 9.83. The van der Waals surface area contributed by atoms with Crippen LogP contribution in [0.2, 0.25) is 0 Å². The van der Waals surface area contributed by atoms with Crippen LogP contribution in [0.1, 0.15) is 38.3 Å². The molecule has 0 radical (unpaired) electrons. The van der Waals surface area contributed by atoms with Crippen LogP contribution in [0.3, 0.4) is 0 Å². The third-order valence-corrected chi connectivity index (χ3v) is 13.4. The van der Waals surface area contributed by atoms with Crippen LogP contribution in [0, 0.1) is 37.1 Å². The molecule has 4 saturated heterocycles. The van der Waals surface area contributed by atoms with E-state index in [9.17, 15) is 13.6 Å². The second-order valence-electron chi connectivity index (χ2n) is 18.3. The number of ether oxygens (including phenoxy) is 2. The van der Waals surface area contributed by atoms with E-state index >= 15 is 8.78 Å². The summed E-state index contributed by atoms with van der Waals surface area (Å²) >= 11 is 0. The zero-order valence-electron chi connectivity index (χ0n) is 40.3. The Bertz CT molecular complexity index is 2860. The summed E-state index contributed by atoms with van der Waals surface area (Å²) in [5, 5.41) is 10.7. The van der Waals surface area contributed by atoms with Gasteiger partial charge in [0.1, 0.15) is 34.9 Å². The molecule has 70 heavy (non-hydrogen) atoms. The minimum atomic E-state index is -0.680. The Hall–Kier alpha value is -6.57. The van der Waals surface area contributed by atoms with Gasteiger partial charge in [-0.05, 0) is 39.8 Å². The first-order chi connectivity index (χ1) is 33.8. The minimum Gasteiger partial charge on any atom is -0.378 e. The first-order valence-corrected chi connectivity index (χ1v) is 24.1. The second kappa shape index (κ2) is 21.2. The molecular formula is C51H60F4N12O3. The summed E-state index contributed by atoms with van der Waals surface area (Å²) in [6, 6.07) is 8.60. The van der Waals surface area contributed by atoms with Gasteiger partial charge in [-0.15, -0.1) is 0 Å². The van der Waals surface area contributed by atoms with Crippen LogP contribution >= 0.6 is 0 Å². The summed E-state index contributed by atoms with van der Waals surface area (Å²) < 4.78 is 69.4. The average molecular weight is 965 g/mol. The van der Waals surface area contributed by atoms with E-state index in [-0.39, 0.29) is 28.2 Å². The molecule has 2 atom stereocenters. The first kappa shape index (κ1) is 48.5. The van der Waals surface area contributed by atoms with Crippen molar-refractivity contribution >= 4 is 73.5 Å². The summed E-state index contributed by atoms with van der Waals surface area (Å²) in [5.41, 5.74) is 6.55. The maximum absolute atomic E-state index is 15.2. The predicted octanol–water partition coefficient (Wildman–Crippen LogP) is 7.84. The van der Waals surface area contributed by atoms with E-state index in [1.54, 1.807) is 18.6 Å². The van der Waals surface area contributed by atoms with Crippen molar-refractivity contribution in [2.75, 3.05) is 122 Å². The Morgan fingerprint density at radius 3 is 1.59 bits per heavy atom. The number of halogens is 4. The highest BCUT2D eigenvalue weighted by Gasteiger charge is 2.30. The molecule has 1 amide bonds. The van der Waals surface area contributed by atoms with Gasteiger partial charge in [-0.2, -0.15) is 0 Å². The van der Waals surface area contributed by atoms with Crippen molar-refractivity contribution < 1.29 is 31.8 Å². The van der Waals surface area contributed by atoms with Crippen LogP contribution in [0.5, 0.6) is 0 Å². The summed E-state index contributed by atoms with van der Waals surface area (Å²) in [6.07, 6.45) is 7.48. The zero-order valence-corrected chi connectivity index (χ0v) is 40.3. The molecule has 6 aromatic rings. The molecule has 8 heterocycles. The molecule has 2 aromatic carbocycles. The normalized spacial score (nSPS) is 18.8. The number of nitrogens with one attached hydrogen (secondary N) is 3. The van der Waals surface area contributed by atoms with Crippen molar-refractivity contribution in [1.82, 2.24) is 30.2 Å². The van der Waals surface area contributed by atoms with Gasteiger partial charge in [-0.1, -0.05) is 6.92 Å². The van der Waals surface area contributed by atoms with E-state index < -0.39 is 23.3 Å². The van der Waals surface area contributed by atoms with Crippen LogP contribution in [0.4, 0.5) is 63.3 Å². The number of aromatic nitrogens is 4. The van der Waals surface area contributed by atoms with Crippen molar-refractivity contribution in [3.63, 3.8) is 0 Å². The molecule has 15 nitrogen and oxygen atoms in total. The lowest BCUT2D eigenvalue weighted by Crippen LogP contribution is -2.54. The maximum Gasteiger partial charge on any atom is 0.222 e. The van der Waals surface area contributed by atoms with Crippen LogP contribution < -0.4 is 35.6 Å². The fourth-order valence-corrected chi connectivity index (χ4v) is 9.83. The SMILES string of the molecule is CCC(=O)N1CCN(c2nc3cc(F)cc(F)c3c(Nc3cncc(N4CCOCC4)c3)c2C)C[C@H]1C.Cc1c(N2CCN[C@H](C)C2)nc2cc(F)cc(F)c2c1Nc1cncc(N2CCOCC2)c1.